The van der Waals surface area contributed by atoms with Crippen LogP contribution in [0.1, 0.15) is 5.69 Å². The van der Waals surface area contributed by atoms with Crippen LogP contribution in [-0.4, -0.2) is 23.7 Å². The molecule has 1 N–H and O–H groups in total. The Hall–Kier alpha value is -2.39. The van der Waals surface area contributed by atoms with E-state index in [0.717, 1.165) is 15.0 Å². The molecule has 3 aromatic rings. The molecular weight excluding hydrogens is 457 g/mol. The third-order valence-corrected chi connectivity index (χ3v) is 4.95. The third-order valence-electron chi connectivity index (χ3n) is 3.52. The molecule has 9 heteroatoms. The number of nitrogens with zero attached hydrogens (tertiary/aromatic N) is 1. The maximum atomic E-state index is 12.4. The number of benzene rings is 2. The third kappa shape index (κ3) is 5.80. The van der Waals surface area contributed by atoms with Gasteiger partial charge in [-0.25, -0.2) is 4.98 Å². The van der Waals surface area contributed by atoms with Gasteiger partial charge in [0.05, 0.1) is 17.8 Å². The minimum absolute atomic E-state index is 0.00188. The highest BCUT2D eigenvalue weighted by atomic mass is 79.9. The highest BCUT2D eigenvalue weighted by molar-refractivity contribution is 9.10. The number of anilines is 1. The van der Waals surface area contributed by atoms with Crippen LogP contribution in [0.2, 0.25) is 0 Å². The fourth-order valence-electron chi connectivity index (χ4n) is 2.36. The Morgan fingerprint density at radius 1 is 1.18 bits per heavy atom. The molecule has 0 radical (unpaired) electrons. The number of alkyl halides is 3. The van der Waals surface area contributed by atoms with Gasteiger partial charge in [-0.2, -0.15) is 13.2 Å². The van der Waals surface area contributed by atoms with Crippen LogP contribution in [0.15, 0.2) is 58.4 Å². The molecule has 0 saturated heterocycles. The van der Waals surface area contributed by atoms with Gasteiger partial charge in [-0.3, -0.25) is 4.79 Å². The Bertz CT molecular complexity index is 976. The summed E-state index contributed by atoms with van der Waals surface area (Å²) in [6.07, 6.45) is -4.46. The van der Waals surface area contributed by atoms with E-state index in [1.54, 1.807) is 11.4 Å². The maximum Gasteiger partial charge on any atom is 0.422 e. The largest absolute Gasteiger partial charge is 0.482 e. The van der Waals surface area contributed by atoms with E-state index in [1.165, 1.54) is 29.5 Å². The van der Waals surface area contributed by atoms with Crippen LogP contribution < -0.4 is 10.1 Å². The van der Waals surface area contributed by atoms with Crippen molar-refractivity contribution in [1.82, 2.24) is 4.98 Å². The second-order valence-electron chi connectivity index (χ2n) is 5.78. The zero-order valence-electron chi connectivity index (χ0n) is 14.3. The molecule has 0 spiro atoms. The SMILES string of the molecule is O=C(Cc1csc(-c2cccc(Br)c2)n1)Nc1ccccc1OCC(F)(F)F. The van der Waals surface area contributed by atoms with E-state index in [2.05, 4.69) is 26.2 Å². The number of amides is 1. The van der Waals surface area contributed by atoms with Crippen LogP contribution in [-0.2, 0) is 11.2 Å². The minimum Gasteiger partial charge on any atom is -0.482 e. The molecule has 0 unspecified atom stereocenters. The van der Waals surface area contributed by atoms with Crippen LogP contribution >= 0.6 is 27.3 Å². The highest BCUT2D eigenvalue weighted by Crippen LogP contribution is 2.28. The van der Waals surface area contributed by atoms with Gasteiger partial charge in [-0.05, 0) is 24.3 Å². The molecule has 1 amide bonds. The minimum atomic E-state index is -4.46. The van der Waals surface area contributed by atoms with Gasteiger partial charge in [0.15, 0.2) is 6.61 Å². The van der Waals surface area contributed by atoms with Crippen molar-refractivity contribution in [3.8, 4) is 16.3 Å². The Kier molecular flexibility index (Phi) is 6.35. The number of halogens is 4. The van der Waals surface area contributed by atoms with Gasteiger partial charge in [0.1, 0.15) is 10.8 Å². The van der Waals surface area contributed by atoms with Crippen molar-refractivity contribution in [3.63, 3.8) is 0 Å². The Morgan fingerprint density at radius 2 is 1.96 bits per heavy atom. The number of para-hydroxylation sites is 2. The van der Waals surface area contributed by atoms with Gasteiger partial charge < -0.3 is 10.1 Å². The van der Waals surface area contributed by atoms with Gasteiger partial charge in [-0.1, -0.05) is 40.2 Å². The number of aromatic nitrogens is 1. The summed E-state index contributed by atoms with van der Waals surface area (Å²) in [5.41, 5.74) is 1.68. The lowest BCUT2D eigenvalue weighted by Gasteiger charge is -2.13. The fraction of sp³-hybridized carbons (Fsp3) is 0.158. The van der Waals surface area contributed by atoms with E-state index in [4.69, 9.17) is 4.74 Å². The number of thiazole rings is 1. The molecule has 146 valence electrons. The molecule has 0 fully saturated rings. The predicted molar refractivity (Wildman–Crippen MR) is 106 cm³/mol. The molecule has 0 aliphatic heterocycles. The lowest BCUT2D eigenvalue weighted by atomic mass is 10.2. The first-order chi connectivity index (χ1) is 13.3. The average Bonchev–Trinajstić information content (AvgIpc) is 3.08. The van der Waals surface area contributed by atoms with Gasteiger partial charge in [-0.15, -0.1) is 11.3 Å². The van der Waals surface area contributed by atoms with Gasteiger partial charge in [0.2, 0.25) is 5.91 Å². The zero-order chi connectivity index (χ0) is 20.1. The molecular formula is C19H14BrF3N2O2S. The van der Waals surface area contributed by atoms with Crippen molar-refractivity contribution in [2.45, 2.75) is 12.6 Å². The Morgan fingerprint density at radius 3 is 2.71 bits per heavy atom. The lowest BCUT2D eigenvalue weighted by molar-refractivity contribution is -0.153. The molecule has 1 heterocycles. The van der Waals surface area contributed by atoms with E-state index >= 15 is 0 Å². The van der Waals surface area contributed by atoms with Crippen molar-refractivity contribution in [1.29, 1.82) is 0 Å². The molecule has 0 atom stereocenters. The molecule has 0 aliphatic carbocycles. The number of rotatable bonds is 6. The number of nitrogens with one attached hydrogen (secondary N) is 1. The predicted octanol–water partition coefficient (Wildman–Crippen LogP) is 5.69. The van der Waals surface area contributed by atoms with E-state index < -0.39 is 18.7 Å². The molecule has 3 rings (SSSR count). The second kappa shape index (κ2) is 8.74. The smallest absolute Gasteiger partial charge is 0.422 e. The van der Waals surface area contributed by atoms with Crippen molar-refractivity contribution >= 4 is 38.9 Å². The van der Waals surface area contributed by atoms with E-state index in [-0.39, 0.29) is 17.9 Å². The quantitative estimate of drug-likeness (QED) is 0.502. The van der Waals surface area contributed by atoms with Crippen LogP contribution in [0, 0.1) is 0 Å². The van der Waals surface area contributed by atoms with Crippen LogP contribution in [0.25, 0.3) is 10.6 Å². The molecule has 0 saturated carbocycles. The summed E-state index contributed by atoms with van der Waals surface area (Å²) in [5, 5.41) is 5.13. The summed E-state index contributed by atoms with van der Waals surface area (Å²) in [6.45, 7) is -1.43. The average molecular weight is 471 g/mol. The summed E-state index contributed by atoms with van der Waals surface area (Å²) < 4.78 is 42.8. The fourth-order valence-corrected chi connectivity index (χ4v) is 3.57. The molecule has 1 aromatic heterocycles. The van der Waals surface area contributed by atoms with Gasteiger partial charge >= 0.3 is 6.18 Å². The summed E-state index contributed by atoms with van der Waals surface area (Å²) >= 11 is 4.82. The van der Waals surface area contributed by atoms with Crippen molar-refractivity contribution < 1.29 is 22.7 Å². The second-order valence-corrected chi connectivity index (χ2v) is 7.55. The summed E-state index contributed by atoms with van der Waals surface area (Å²) in [6, 6.07) is 13.6. The zero-order valence-corrected chi connectivity index (χ0v) is 16.7. The molecule has 0 aliphatic rings. The number of hydrogen-bond donors (Lipinski definition) is 1. The van der Waals surface area contributed by atoms with Crippen molar-refractivity contribution in [2.75, 3.05) is 11.9 Å². The summed E-state index contributed by atoms with van der Waals surface area (Å²) in [7, 11) is 0. The van der Waals surface area contributed by atoms with Crippen LogP contribution in [0.5, 0.6) is 5.75 Å². The van der Waals surface area contributed by atoms with E-state index in [9.17, 15) is 18.0 Å². The number of hydrogen-bond acceptors (Lipinski definition) is 4. The number of ether oxygens (including phenoxy) is 1. The number of carbonyl (C=O) groups is 1. The first kappa shape index (κ1) is 20.3. The normalized spacial score (nSPS) is 11.3. The molecule has 0 bridgehead atoms. The first-order valence-electron chi connectivity index (χ1n) is 8.09. The van der Waals surface area contributed by atoms with Gasteiger partial charge in [0, 0.05) is 15.4 Å². The van der Waals surface area contributed by atoms with Crippen molar-refractivity contribution in [3.05, 3.63) is 64.1 Å². The molecule has 2 aromatic carbocycles. The lowest BCUT2D eigenvalue weighted by Crippen LogP contribution is -2.20. The highest BCUT2D eigenvalue weighted by Gasteiger charge is 2.28. The molecule has 4 nitrogen and oxygen atoms in total. The van der Waals surface area contributed by atoms with E-state index in [0.29, 0.717) is 5.69 Å². The van der Waals surface area contributed by atoms with Crippen LogP contribution in [0.4, 0.5) is 18.9 Å². The van der Waals surface area contributed by atoms with Crippen molar-refractivity contribution in [2.24, 2.45) is 0 Å². The summed E-state index contributed by atoms with van der Waals surface area (Å²) in [4.78, 5) is 16.8. The van der Waals surface area contributed by atoms with Crippen LogP contribution in [0.3, 0.4) is 0 Å². The number of carbonyl (C=O) groups excluding carboxylic acids is 1. The monoisotopic (exact) mass is 470 g/mol. The topological polar surface area (TPSA) is 51.2 Å². The van der Waals surface area contributed by atoms with E-state index in [1.807, 2.05) is 24.3 Å². The maximum absolute atomic E-state index is 12.4. The standard InChI is InChI=1S/C19H14BrF3N2O2S/c20-13-5-3-4-12(8-13)18-24-14(10-28-18)9-17(26)25-15-6-1-2-7-16(15)27-11-19(21,22)23/h1-8,10H,9,11H2,(H,25,26). The summed E-state index contributed by atoms with van der Waals surface area (Å²) in [5.74, 6) is -0.435. The molecule has 28 heavy (non-hydrogen) atoms. The Labute approximate surface area is 171 Å². The Balaban J connectivity index is 1.65. The first-order valence-corrected chi connectivity index (χ1v) is 9.76. The van der Waals surface area contributed by atoms with Gasteiger partial charge in [0.25, 0.3) is 0 Å².